The van der Waals surface area contributed by atoms with Gasteiger partial charge in [-0.05, 0) is 37.8 Å². The van der Waals surface area contributed by atoms with E-state index in [-0.39, 0.29) is 11.6 Å². The standard InChI is InChI=1S/C22H22F3N5O2/c1-11-4-21-26-8-12-9-29(10-20(12)30(21)28-11)13-2-3-14(19(5-13)27-22(31)32)15-6-17(24)18(25)7-16(15)23/h4,6-8,13-14,19,27H,2-3,5,9-10H2,1H3,(H,31,32)/t13-,14+,19-/m0/s1. The van der Waals surface area contributed by atoms with E-state index in [1.54, 1.807) is 0 Å². The van der Waals surface area contributed by atoms with Crippen molar-refractivity contribution in [2.24, 2.45) is 0 Å². The molecule has 2 N–H and O–H groups in total. The van der Waals surface area contributed by atoms with Crippen LogP contribution < -0.4 is 5.32 Å². The molecule has 0 spiro atoms. The summed E-state index contributed by atoms with van der Waals surface area (Å²) in [5, 5.41) is 16.3. The average molecular weight is 445 g/mol. The topological polar surface area (TPSA) is 82.8 Å². The zero-order chi connectivity index (χ0) is 22.6. The highest BCUT2D eigenvalue weighted by Crippen LogP contribution is 2.39. The third-order valence-corrected chi connectivity index (χ3v) is 6.60. The molecule has 10 heteroatoms. The lowest BCUT2D eigenvalue weighted by atomic mass is 9.77. The van der Waals surface area contributed by atoms with E-state index in [4.69, 9.17) is 0 Å². The molecule has 3 aromatic rings. The summed E-state index contributed by atoms with van der Waals surface area (Å²) in [5.74, 6) is -3.84. The number of fused-ring (bicyclic) bond motifs is 3. The first kappa shape index (κ1) is 20.7. The van der Waals surface area contributed by atoms with E-state index in [1.807, 2.05) is 23.7 Å². The predicted molar refractivity (Wildman–Crippen MR) is 109 cm³/mol. The van der Waals surface area contributed by atoms with Gasteiger partial charge in [-0.1, -0.05) is 0 Å². The second-order valence-corrected chi connectivity index (χ2v) is 8.61. The van der Waals surface area contributed by atoms with Crippen molar-refractivity contribution in [3.8, 4) is 0 Å². The number of carbonyl (C=O) groups is 1. The lowest BCUT2D eigenvalue weighted by Crippen LogP contribution is -2.48. The molecule has 0 saturated heterocycles. The highest BCUT2D eigenvalue weighted by molar-refractivity contribution is 5.65. The second kappa shape index (κ2) is 7.77. The normalized spacial score (nSPS) is 23.4. The Balaban J connectivity index is 1.39. The molecule has 5 rings (SSSR count). The minimum atomic E-state index is -1.26. The molecule has 0 radical (unpaired) electrons. The number of benzene rings is 1. The van der Waals surface area contributed by atoms with Gasteiger partial charge in [0.25, 0.3) is 0 Å². The summed E-state index contributed by atoms with van der Waals surface area (Å²) in [6, 6.07) is 2.70. The Morgan fingerprint density at radius 1 is 1.12 bits per heavy atom. The first-order valence-electron chi connectivity index (χ1n) is 10.5. The Hall–Kier alpha value is -3.14. The van der Waals surface area contributed by atoms with Crippen molar-refractivity contribution in [1.82, 2.24) is 24.8 Å². The van der Waals surface area contributed by atoms with Gasteiger partial charge in [-0.25, -0.2) is 27.5 Å². The van der Waals surface area contributed by atoms with Gasteiger partial charge < -0.3 is 10.4 Å². The summed E-state index contributed by atoms with van der Waals surface area (Å²) in [6.45, 7) is 3.21. The minimum Gasteiger partial charge on any atom is -0.465 e. The summed E-state index contributed by atoms with van der Waals surface area (Å²) in [7, 11) is 0. The fraction of sp³-hybridized carbons (Fsp3) is 0.409. The van der Waals surface area contributed by atoms with Crippen LogP contribution in [0.25, 0.3) is 5.65 Å². The molecule has 7 nitrogen and oxygen atoms in total. The molecule has 32 heavy (non-hydrogen) atoms. The van der Waals surface area contributed by atoms with Crippen LogP contribution in [-0.2, 0) is 13.1 Å². The van der Waals surface area contributed by atoms with E-state index >= 15 is 0 Å². The van der Waals surface area contributed by atoms with E-state index in [0.29, 0.717) is 38.4 Å². The maximum atomic E-state index is 14.4. The van der Waals surface area contributed by atoms with Crippen LogP contribution in [0.5, 0.6) is 0 Å². The molecule has 1 aliphatic carbocycles. The molecule has 0 bridgehead atoms. The number of hydrogen-bond acceptors (Lipinski definition) is 4. The van der Waals surface area contributed by atoms with E-state index in [0.717, 1.165) is 28.7 Å². The number of carboxylic acid groups (broad SMARTS) is 1. The number of aryl methyl sites for hydroxylation is 1. The van der Waals surface area contributed by atoms with Gasteiger partial charge in [-0.2, -0.15) is 5.10 Å². The van der Waals surface area contributed by atoms with Crippen molar-refractivity contribution in [3.05, 3.63) is 64.4 Å². The summed E-state index contributed by atoms with van der Waals surface area (Å²) >= 11 is 0. The van der Waals surface area contributed by atoms with Crippen molar-refractivity contribution in [2.45, 2.75) is 57.3 Å². The van der Waals surface area contributed by atoms with E-state index in [1.165, 1.54) is 0 Å². The fourth-order valence-corrected chi connectivity index (χ4v) is 5.15. The molecular formula is C22H22F3N5O2. The molecule has 1 saturated carbocycles. The zero-order valence-electron chi connectivity index (χ0n) is 17.4. The van der Waals surface area contributed by atoms with Crippen molar-refractivity contribution >= 4 is 11.7 Å². The van der Waals surface area contributed by atoms with E-state index < -0.39 is 35.5 Å². The number of nitrogens with one attached hydrogen (secondary N) is 1. The zero-order valence-corrected chi connectivity index (χ0v) is 17.4. The van der Waals surface area contributed by atoms with Gasteiger partial charge in [0, 0.05) is 55.0 Å². The number of halogens is 3. The number of aromatic nitrogens is 3. The van der Waals surface area contributed by atoms with Crippen LogP contribution in [0.15, 0.2) is 24.4 Å². The Morgan fingerprint density at radius 2 is 1.91 bits per heavy atom. The monoisotopic (exact) mass is 445 g/mol. The molecule has 2 aromatic heterocycles. The van der Waals surface area contributed by atoms with Crippen molar-refractivity contribution < 1.29 is 23.1 Å². The highest BCUT2D eigenvalue weighted by Gasteiger charge is 2.38. The molecule has 168 valence electrons. The molecule has 3 heterocycles. The predicted octanol–water partition coefficient (Wildman–Crippen LogP) is 3.74. The fourth-order valence-electron chi connectivity index (χ4n) is 5.15. The van der Waals surface area contributed by atoms with E-state index in [2.05, 4.69) is 20.3 Å². The first-order valence-corrected chi connectivity index (χ1v) is 10.5. The van der Waals surface area contributed by atoms with Crippen LogP contribution in [0.1, 0.15) is 47.7 Å². The number of hydrogen-bond donors (Lipinski definition) is 2. The number of rotatable bonds is 3. The molecule has 0 unspecified atom stereocenters. The van der Waals surface area contributed by atoms with Gasteiger partial charge in [0.1, 0.15) is 5.82 Å². The third-order valence-electron chi connectivity index (χ3n) is 6.60. The number of nitrogens with zero attached hydrogens (tertiary/aromatic N) is 4. The van der Waals surface area contributed by atoms with Gasteiger partial charge in [-0.15, -0.1) is 0 Å². The first-order chi connectivity index (χ1) is 15.3. The molecular weight excluding hydrogens is 423 g/mol. The van der Waals surface area contributed by atoms with Gasteiger partial charge >= 0.3 is 6.09 Å². The summed E-state index contributed by atoms with van der Waals surface area (Å²) in [5.41, 5.74) is 3.79. The molecule has 1 amide bonds. The Bertz CT molecular complexity index is 1210. The Labute approximate surface area is 181 Å². The molecule has 3 atom stereocenters. The molecule has 1 fully saturated rings. The third kappa shape index (κ3) is 3.58. The van der Waals surface area contributed by atoms with Gasteiger partial charge in [0.05, 0.1) is 11.4 Å². The minimum absolute atomic E-state index is 0.00346. The van der Waals surface area contributed by atoms with E-state index in [9.17, 15) is 23.1 Å². The SMILES string of the molecule is Cc1cc2ncc3c(n2n1)CN([C@H]1CC[C@H](c2cc(F)c(F)cc2F)[C@@H](NC(=O)O)C1)C3. The van der Waals surface area contributed by atoms with Crippen molar-refractivity contribution in [1.29, 1.82) is 0 Å². The van der Waals surface area contributed by atoms with Gasteiger partial charge in [-0.3, -0.25) is 4.90 Å². The summed E-state index contributed by atoms with van der Waals surface area (Å²) < 4.78 is 43.5. The lowest BCUT2D eigenvalue weighted by molar-refractivity contribution is 0.122. The summed E-state index contributed by atoms with van der Waals surface area (Å²) in [4.78, 5) is 18.1. The maximum Gasteiger partial charge on any atom is 0.404 e. The van der Waals surface area contributed by atoms with Crippen LogP contribution in [0.2, 0.25) is 0 Å². The lowest BCUT2D eigenvalue weighted by Gasteiger charge is -2.40. The highest BCUT2D eigenvalue weighted by atomic mass is 19.2. The summed E-state index contributed by atoms with van der Waals surface area (Å²) in [6.07, 6.45) is 2.16. The van der Waals surface area contributed by atoms with Gasteiger partial charge in [0.2, 0.25) is 0 Å². The quantitative estimate of drug-likeness (QED) is 0.600. The molecule has 1 aliphatic heterocycles. The second-order valence-electron chi connectivity index (χ2n) is 8.61. The van der Waals surface area contributed by atoms with Crippen LogP contribution in [0.3, 0.4) is 0 Å². The van der Waals surface area contributed by atoms with Crippen molar-refractivity contribution in [3.63, 3.8) is 0 Å². The molecule has 2 aliphatic rings. The average Bonchev–Trinajstić information content (AvgIpc) is 3.33. The Morgan fingerprint density at radius 3 is 2.69 bits per heavy atom. The van der Waals surface area contributed by atoms with Crippen LogP contribution in [0, 0.1) is 24.4 Å². The maximum absolute atomic E-state index is 14.4. The van der Waals surface area contributed by atoms with Crippen LogP contribution >= 0.6 is 0 Å². The van der Waals surface area contributed by atoms with Crippen LogP contribution in [0.4, 0.5) is 18.0 Å². The Kier molecular flexibility index (Phi) is 5.04. The van der Waals surface area contributed by atoms with Crippen molar-refractivity contribution in [2.75, 3.05) is 0 Å². The largest absolute Gasteiger partial charge is 0.465 e. The smallest absolute Gasteiger partial charge is 0.404 e. The molecule has 1 aromatic carbocycles. The van der Waals surface area contributed by atoms with Gasteiger partial charge in [0.15, 0.2) is 17.3 Å². The van der Waals surface area contributed by atoms with Crippen LogP contribution in [-0.4, -0.2) is 42.8 Å². The number of amides is 1.